The average molecular weight is 398 g/mol. The van der Waals surface area contributed by atoms with Gasteiger partial charge in [0.05, 0.1) is 6.61 Å². The van der Waals surface area contributed by atoms with Crippen molar-refractivity contribution in [2.24, 2.45) is 5.41 Å². The molecule has 0 heterocycles. The Hall–Kier alpha value is -3.35. The fourth-order valence-electron chi connectivity index (χ4n) is 2.27. The Bertz CT molecular complexity index is 852. The number of benzene rings is 2. The van der Waals surface area contributed by atoms with E-state index in [0.29, 0.717) is 23.5 Å². The standard InChI is InChI=1S/C22H26N2O5/c1-5-28-21(27)29-18-12-8-16(9-13-18)19(25)24-17-10-6-15(7-11-17)14-23-20(26)22(2,3)4/h6-13H,5,14H2,1-4H3,(H,23,26)(H,24,25). The Morgan fingerprint density at radius 3 is 2.10 bits per heavy atom. The van der Waals surface area contributed by atoms with E-state index in [1.165, 1.54) is 12.1 Å². The van der Waals surface area contributed by atoms with Crippen molar-refractivity contribution in [3.8, 4) is 5.75 Å². The van der Waals surface area contributed by atoms with E-state index in [2.05, 4.69) is 10.6 Å². The van der Waals surface area contributed by atoms with E-state index in [1.54, 1.807) is 31.2 Å². The molecule has 2 aromatic rings. The Kier molecular flexibility index (Phi) is 7.36. The van der Waals surface area contributed by atoms with Gasteiger partial charge in [-0.2, -0.15) is 0 Å². The van der Waals surface area contributed by atoms with Gasteiger partial charge >= 0.3 is 6.16 Å². The first-order chi connectivity index (χ1) is 13.7. The highest BCUT2D eigenvalue weighted by Crippen LogP contribution is 2.16. The predicted octanol–water partition coefficient (Wildman–Crippen LogP) is 4.14. The molecule has 0 aliphatic rings. The zero-order chi connectivity index (χ0) is 21.4. The summed E-state index contributed by atoms with van der Waals surface area (Å²) >= 11 is 0. The number of amides is 2. The number of carbonyl (C=O) groups is 3. The monoisotopic (exact) mass is 398 g/mol. The summed E-state index contributed by atoms with van der Waals surface area (Å²) < 4.78 is 9.65. The second kappa shape index (κ2) is 9.73. The van der Waals surface area contributed by atoms with Gasteiger partial charge in [-0.3, -0.25) is 9.59 Å². The lowest BCUT2D eigenvalue weighted by Gasteiger charge is -2.17. The molecule has 0 radical (unpaired) electrons. The van der Waals surface area contributed by atoms with Crippen molar-refractivity contribution in [1.29, 1.82) is 0 Å². The Balaban J connectivity index is 1.90. The van der Waals surface area contributed by atoms with Gasteiger partial charge in [0.2, 0.25) is 5.91 Å². The summed E-state index contributed by atoms with van der Waals surface area (Å²) in [5.74, 6) is -0.0200. The van der Waals surface area contributed by atoms with Crippen molar-refractivity contribution < 1.29 is 23.9 Å². The molecule has 2 amide bonds. The summed E-state index contributed by atoms with van der Waals surface area (Å²) in [4.78, 5) is 35.6. The molecule has 0 aromatic heterocycles. The molecule has 0 fully saturated rings. The lowest BCUT2D eigenvalue weighted by atomic mass is 9.95. The Labute approximate surface area is 170 Å². The van der Waals surface area contributed by atoms with Crippen molar-refractivity contribution in [3.63, 3.8) is 0 Å². The number of hydrogen-bond donors (Lipinski definition) is 2. The van der Waals surface area contributed by atoms with Gasteiger partial charge in [0.1, 0.15) is 5.75 Å². The maximum absolute atomic E-state index is 12.4. The molecule has 154 valence electrons. The maximum Gasteiger partial charge on any atom is 0.513 e. The summed E-state index contributed by atoms with van der Waals surface area (Å²) in [6, 6.07) is 13.4. The van der Waals surface area contributed by atoms with Crippen LogP contribution in [0.3, 0.4) is 0 Å². The van der Waals surface area contributed by atoms with Gasteiger partial charge in [0.15, 0.2) is 0 Å². The molecule has 0 spiro atoms. The summed E-state index contributed by atoms with van der Waals surface area (Å²) in [6.07, 6.45) is -0.788. The van der Waals surface area contributed by atoms with Crippen LogP contribution in [0.25, 0.3) is 0 Å². The Morgan fingerprint density at radius 1 is 0.931 bits per heavy atom. The minimum atomic E-state index is -0.788. The summed E-state index contributed by atoms with van der Waals surface area (Å²) in [7, 11) is 0. The zero-order valence-corrected chi connectivity index (χ0v) is 17.1. The molecule has 0 unspecified atom stereocenters. The van der Waals surface area contributed by atoms with Gasteiger partial charge in [0, 0.05) is 23.2 Å². The third kappa shape index (κ3) is 6.95. The van der Waals surface area contributed by atoms with Crippen LogP contribution in [0, 0.1) is 5.41 Å². The van der Waals surface area contributed by atoms with Crippen LogP contribution in [0.5, 0.6) is 5.75 Å². The molecule has 2 N–H and O–H groups in total. The molecule has 0 atom stereocenters. The smallest absolute Gasteiger partial charge is 0.434 e. The number of anilines is 1. The van der Waals surface area contributed by atoms with Crippen molar-refractivity contribution in [2.75, 3.05) is 11.9 Å². The molecule has 29 heavy (non-hydrogen) atoms. The van der Waals surface area contributed by atoms with Gasteiger partial charge in [-0.05, 0) is 48.9 Å². The van der Waals surface area contributed by atoms with Gasteiger partial charge in [-0.1, -0.05) is 32.9 Å². The van der Waals surface area contributed by atoms with Gasteiger partial charge in [-0.15, -0.1) is 0 Å². The largest absolute Gasteiger partial charge is 0.513 e. The highest BCUT2D eigenvalue weighted by Gasteiger charge is 2.20. The SMILES string of the molecule is CCOC(=O)Oc1ccc(C(=O)Nc2ccc(CNC(=O)C(C)(C)C)cc2)cc1. The van der Waals surface area contributed by atoms with Crippen LogP contribution in [-0.4, -0.2) is 24.6 Å². The van der Waals surface area contributed by atoms with Gasteiger partial charge < -0.3 is 20.1 Å². The van der Waals surface area contributed by atoms with E-state index in [4.69, 9.17) is 9.47 Å². The van der Waals surface area contributed by atoms with Crippen molar-refractivity contribution in [1.82, 2.24) is 5.32 Å². The lowest BCUT2D eigenvalue weighted by molar-refractivity contribution is -0.128. The van der Waals surface area contributed by atoms with Crippen LogP contribution < -0.4 is 15.4 Å². The van der Waals surface area contributed by atoms with Crippen molar-refractivity contribution in [2.45, 2.75) is 34.2 Å². The fraction of sp³-hybridized carbons (Fsp3) is 0.318. The minimum absolute atomic E-state index is 0.0229. The van der Waals surface area contributed by atoms with E-state index in [0.717, 1.165) is 5.56 Å². The molecule has 7 heteroatoms. The molecule has 0 bridgehead atoms. The molecule has 2 rings (SSSR count). The number of carbonyl (C=O) groups excluding carboxylic acids is 3. The molecule has 0 saturated carbocycles. The third-order valence-electron chi connectivity index (χ3n) is 3.93. The zero-order valence-electron chi connectivity index (χ0n) is 17.1. The highest BCUT2D eigenvalue weighted by atomic mass is 16.7. The third-order valence-corrected chi connectivity index (χ3v) is 3.93. The summed E-state index contributed by atoms with van der Waals surface area (Å²) in [5.41, 5.74) is 1.54. The number of rotatable bonds is 6. The fourth-order valence-corrected chi connectivity index (χ4v) is 2.27. The van der Waals surface area contributed by atoms with Crippen LogP contribution in [0.4, 0.5) is 10.5 Å². The summed E-state index contributed by atoms with van der Waals surface area (Å²) in [5, 5.41) is 5.68. The predicted molar refractivity (Wildman–Crippen MR) is 110 cm³/mol. The van der Waals surface area contributed by atoms with Crippen LogP contribution in [0.15, 0.2) is 48.5 Å². The maximum atomic E-state index is 12.4. The molecule has 0 saturated heterocycles. The first-order valence-corrected chi connectivity index (χ1v) is 9.32. The average Bonchev–Trinajstić information content (AvgIpc) is 2.67. The van der Waals surface area contributed by atoms with Crippen molar-refractivity contribution in [3.05, 3.63) is 59.7 Å². The van der Waals surface area contributed by atoms with Crippen LogP contribution in [0.2, 0.25) is 0 Å². The number of ether oxygens (including phenoxy) is 2. The van der Waals surface area contributed by atoms with Crippen molar-refractivity contribution >= 4 is 23.7 Å². The number of nitrogens with one attached hydrogen (secondary N) is 2. The lowest BCUT2D eigenvalue weighted by Crippen LogP contribution is -2.34. The van der Waals surface area contributed by atoms with E-state index in [9.17, 15) is 14.4 Å². The normalized spacial score (nSPS) is 10.8. The molecular weight excluding hydrogens is 372 g/mol. The Morgan fingerprint density at radius 2 is 1.55 bits per heavy atom. The first-order valence-electron chi connectivity index (χ1n) is 9.32. The van der Waals surface area contributed by atoms with E-state index < -0.39 is 11.6 Å². The highest BCUT2D eigenvalue weighted by molar-refractivity contribution is 6.04. The topological polar surface area (TPSA) is 93.7 Å². The van der Waals surface area contributed by atoms with Crippen LogP contribution in [-0.2, 0) is 16.1 Å². The molecule has 2 aromatic carbocycles. The van der Waals surface area contributed by atoms with Gasteiger partial charge in [-0.25, -0.2) is 4.79 Å². The quantitative estimate of drug-likeness (QED) is 0.563. The molecule has 7 nitrogen and oxygen atoms in total. The minimum Gasteiger partial charge on any atom is -0.434 e. The van der Waals surface area contributed by atoms with E-state index in [-0.39, 0.29) is 18.4 Å². The van der Waals surface area contributed by atoms with Crippen LogP contribution >= 0.6 is 0 Å². The van der Waals surface area contributed by atoms with E-state index in [1.807, 2.05) is 32.9 Å². The van der Waals surface area contributed by atoms with E-state index >= 15 is 0 Å². The molecule has 0 aliphatic carbocycles. The summed E-state index contributed by atoms with van der Waals surface area (Å²) in [6.45, 7) is 7.90. The molecular formula is C22H26N2O5. The molecule has 0 aliphatic heterocycles. The second-order valence-corrected chi connectivity index (χ2v) is 7.39. The second-order valence-electron chi connectivity index (χ2n) is 7.39. The van der Waals surface area contributed by atoms with Gasteiger partial charge in [0.25, 0.3) is 5.91 Å². The first kappa shape index (κ1) is 21.9. The van der Waals surface area contributed by atoms with Crippen LogP contribution in [0.1, 0.15) is 43.6 Å². The number of hydrogen-bond acceptors (Lipinski definition) is 5.